The molecule has 0 aromatic rings. The molecule has 1 fully saturated rings. The fraction of sp³-hybridized carbons (Fsp3) is 1.00. The molecule has 8 N–H and O–H groups in total. The van der Waals surface area contributed by atoms with Crippen LogP contribution in [0.5, 0.6) is 0 Å². The van der Waals surface area contributed by atoms with E-state index in [1.807, 2.05) is 0 Å². The number of hydrogen-bond donors (Lipinski definition) is 8. The van der Waals surface area contributed by atoms with Crippen LogP contribution < -0.4 is 0 Å². The predicted octanol–water partition coefficient (Wildman–Crippen LogP) is -1.49. The number of hydrogen-bond acceptors (Lipinski definition) is 15. The molecule has 0 radical (unpaired) electrons. The Morgan fingerprint density at radius 1 is 0.714 bits per heavy atom. The Morgan fingerprint density at radius 2 is 1.09 bits per heavy atom. The number of phosphoric ester groups is 1. The molecule has 0 aliphatic carbocycles. The van der Waals surface area contributed by atoms with Crippen LogP contribution in [0.15, 0.2) is 0 Å². The maximum absolute atomic E-state index is 11.8. The summed E-state index contributed by atoms with van der Waals surface area (Å²) >= 11 is 0. The van der Waals surface area contributed by atoms with Crippen molar-refractivity contribution in [2.75, 3.05) is 13.3 Å². The summed E-state index contributed by atoms with van der Waals surface area (Å²) in [6.45, 7) is 2.01. The van der Waals surface area contributed by atoms with Gasteiger partial charge >= 0.3 is 151 Å². The Morgan fingerprint density at radius 3 is 1.43 bits per heavy atom. The number of aliphatic hydroxyl groups excluding tert-OH is 2. The van der Waals surface area contributed by atoms with Crippen LogP contribution in [0.3, 0.4) is 0 Å². The second-order valence-corrected chi connectivity index (χ2v) is 16.4. The van der Waals surface area contributed by atoms with Crippen molar-refractivity contribution in [3.8, 4) is 0 Å². The van der Waals surface area contributed by atoms with E-state index in [2.05, 4.69) is 26.1 Å². The summed E-state index contributed by atoms with van der Waals surface area (Å²) in [7, 11) is -35.1. The molecule has 2 rings (SSSR count). The molecular formula is C6H16B2O21P6. The predicted molar refractivity (Wildman–Crippen MR) is 107 cm³/mol. The van der Waals surface area contributed by atoms with Gasteiger partial charge in [-0.2, -0.15) is 4.31 Å². The first-order chi connectivity index (χ1) is 15.4. The van der Waals surface area contributed by atoms with Gasteiger partial charge in [0.2, 0.25) is 0 Å². The standard InChI is InChI=1S/C6H16B2O21P6/c1-30(11,12)25-32(15,16)27-34(19,20)29-35(21,22)28-33(17,18)26-31(13,14)23-2-3-4(9)5(10)6(24-3)7-8-6/h3-5,9-10H,2H2,1H3,(H,11,12)(H,13,14)(H,15,16)(H,17,18)(H,19,20)(H,21,22). The van der Waals surface area contributed by atoms with Gasteiger partial charge in [0.15, 0.2) is 0 Å². The third kappa shape index (κ3) is 10.2. The van der Waals surface area contributed by atoms with E-state index in [1.54, 1.807) is 0 Å². The molecule has 2 heterocycles. The van der Waals surface area contributed by atoms with Gasteiger partial charge in [-0.3, -0.25) is 4.57 Å². The first-order valence-corrected chi connectivity index (χ1v) is 17.8. The molecule has 35 heavy (non-hydrogen) atoms. The summed E-state index contributed by atoms with van der Waals surface area (Å²) in [5.74, 6) is 0. The number of phosphoric acid groups is 5. The van der Waals surface area contributed by atoms with E-state index in [1.165, 1.54) is 13.6 Å². The van der Waals surface area contributed by atoms with Crippen LogP contribution in [0.1, 0.15) is 0 Å². The van der Waals surface area contributed by atoms with Crippen molar-refractivity contribution in [2.45, 2.75) is 23.7 Å². The molecule has 0 aromatic heterocycles. The molecule has 2 aliphatic heterocycles. The van der Waals surface area contributed by atoms with Crippen molar-refractivity contribution in [1.82, 2.24) is 0 Å². The summed E-state index contributed by atoms with van der Waals surface area (Å²) in [6, 6.07) is 0. The van der Waals surface area contributed by atoms with Crippen molar-refractivity contribution in [2.24, 2.45) is 0 Å². The molecule has 0 aromatic carbocycles. The van der Waals surface area contributed by atoms with Gasteiger partial charge in [-0.15, -0.1) is 0 Å². The van der Waals surface area contributed by atoms with E-state index >= 15 is 0 Å². The molecule has 202 valence electrons. The molecule has 0 bridgehead atoms. The molecular weight excluding hydrogens is 616 g/mol. The molecule has 0 amide bonds. The second kappa shape index (κ2) is 10.5. The van der Waals surface area contributed by atoms with E-state index in [0.29, 0.717) is 6.66 Å². The van der Waals surface area contributed by atoms with E-state index < -0.39 is 77.0 Å². The summed E-state index contributed by atoms with van der Waals surface area (Å²) in [4.78, 5) is 55.3. The van der Waals surface area contributed by atoms with Crippen LogP contribution in [-0.2, 0) is 58.2 Å². The van der Waals surface area contributed by atoms with Crippen molar-refractivity contribution in [1.29, 1.82) is 0 Å². The van der Waals surface area contributed by atoms with Gasteiger partial charge in [-0.1, -0.05) is 0 Å². The van der Waals surface area contributed by atoms with Gasteiger partial charge in [0.1, 0.15) is 0 Å². The quantitative estimate of drug-likeness (QED) is 0.0847. The zero-order valence-electron chi connectivity index (χ0n) is 16.7. The molecule has 29 heteroatoms. The molecule has 9 atom stereocenters. The summed E-state index contributed by atoms with van der Waals surface area (Å²) in [5.41, 5.74) is 0. The van der Waals surface area contributed by atoms with Crippen LogP contribution in [0.2, 0.25) is 0 Å². The van der Waals surface area contributed by atoms with Crippen LogP contribution in [-0.4, -0.2) is 90.2 Å². The van der Waals surface area contributed by atoms with Crippen LogP contribution >= 0.6 is 46.7 Å². The fourth-order valence-corrected chi connectivity index (χ4v) is 10.1. The third-order valence-corrected chi connectivity index (χ3v) is 12.6. The SMILES string of the molecule is CP(=O)(O)OP(=O)(O)OP(=O)(O)OP(=O)(O)OP(=O)(O)OP(=O)(O)OCC1OC2(B=B2)C(O)C1O. The summed E-state index contributed by atoms with van der Waals surface area (Å²) in [6.07, 6.45) is -4.54. The molecule has 2 aliphatic rings. The van der Waals surface area contributed by atoms with Crippen molar-refractivity contribution in [3.63, 3.8) is 0 Å². The molecule has 1 saturated heterocycles. The fourth-order valence-electron chi connectivity index (χ4n) is 2.33. The van der Waals surface area contributed by atoms with Crippen molar-refractivity contribution >= 4 is 60.3 Å². The van der Waals surface area contributed by atoms with Gasteiger partial charge in [0, 0.05) is 6.66 Å². The van der Waals surface area contributed by atoms with E-state index in [9.17, 15) is 57.2 Å². The van der Waals surface area contributed by atoms with Gasteiger partial charge < -0.3 is 14.7 Å². The van der Waals surface area contributed by atoms with E-state index in [4.69, 9.17) is 14.5 Å². The minimum atomic E-state index is -6.31. The van der Waals surface area contributed by atoms with E-state index in [-0.39, 0.29) is 0 Å². The second-order valence-electron chi connectivity index (χ2n) is 6.63. The zero-order valence-corrected chi connectivity index (χ0v) is 22.0. The van der Waals surface area contributed by atoms with Gasteiger partial charge in [-0.05, 0) is 0 Å². The van der Waals surface area contributed by atoms with Gasteiger partial charge in [0.25, 0.3) is 0 Å². The Balaban J connectivity index is 1.96. The van der Waals surface area contributed by atoms with Crippen LogP contribution in [0.25, 0.3) is 0 Å². The average molecular weight is 632 g/mol. The van der Waals surface area contributed by atoms with Crippen molar-refractivity contribution < 1.29 is 97.8 Å². The monoisotopic (exact) mass is 632 g/mol. The van der Waals surface area contributed by atoms with Crippen molar-refractivity contribution in [3.05, 3.63) is 0 Å². The first-order valence-electron chi connectivity index (χ1n) is 8.27. The van der Waals surface area contributed by atoms with Crippen LogP contribution in [0, 0.1) is 0 Å². The van der Waals surface area contributed by atoms with E-state index in [0.717, 1.165) is 0 Å². The van der Waals surface area contributed by atoms with Gasteiger partial charge in [-0.25, -0.2) is 13.4 Å². The number of aliphatic hydroxyl groups is 2. The Labute approximate surface area is 195 Å². The molecule has 0 saturated carbocycles. The zero-order chi connectivity index (χ0) is 27.3. The Bertz CT molecular complexity index is 1140. The Kier molecular flexibility index (Phi) is 9.61. The normalized spacial score (nSPS) is 33.1. The van der Waals surface area contributed by atoms with Gasteiger partial charge in [0.05, 0.1) is 0 Å². The summed E-state index contributed by atoms with van der Waals surface area (Å²) < 4.78 is 96.2. The number of rotatable bonds is 13. The molecule has 1 spiro atoms. The molecule has 9 unspecified atom stereocenters. The maximum atomic E-state index is 11.8. The summed E-state index contributed by atoms with van der Waals surface area (Å²) in [5, 5.41) is 18.3. The topological polar surface area (TPSA) is 329 Å². The number of ether oxygens (including phenoxy) is 1. The van der Waals surface area contributed by atoms with Crippen LogP contribution in [0.4, 0.5) is 0 Å². The molecule has 21 nitrogen and oxygen atoms in total. The third-order valence-electron chi connectivity index (χ3n) is 3.50. The Hall–Kier alpha value is 0.910. The average Bonchev–Trinajstić information content (AvgIpc) is 3.26. The first kappa shape index (κ1) is 32.1. The minimum absolute atomic E-state index is 0.347.